The van der Waals surface area contributed by atoms with Crippen LogP contribution in [0.3, 0.4) is 0 Å². The van der Waals surface area contributed by atoms with Crippen LogP contribution in [0.4, 0.5) is 0 Å². The van der Waals surface area contributed by atoms with E-state index in [9.17, 15) is 0 Å². The molecule has 0 spiro atoms. The van der Waals surface area contributed by atoms with E-state index in [0.29, 0.717) is 31.2 Å². The zero-order valence-corrected chi connectivity index (χ0v) is 19.4. The first kappa shape index (κ1) is 24.3. The molecule has 0 atom stereocenters. The van der Waals surface area contributed by atoms with E-state index in [1.54, 1.807) is 21.3 Å². The molecule has 0 bridgehead atoms. The van der Waals surface area contributed by atoms with Crippen molar-refractivity contribution in [2.45, 2.75) is 26.9 Å². The minimum Gasteiger partial charge on any atom is -0.493 e. The van der Waals surface area contributed by atoms with Gasteiger partial charge in [-0.1, -0.05) is 32.0 Å². The molecule has 0 aliphatic heterocycles. The minimum atomic E-state index is 0.624. The van der Waals surface area contributed by atoms with E-state index in [1.165, 1.54) is 0 Å². The van der Waals surface area contributed by atoms with E-state index in [2.05, 4.69) is 46.5 Å². The Morgan fingerprint density at radius 2 is 1.48 bits per heavy atom. The molecule has 2 aromatic rings. The number of methoxy groups -OCH3 is 2. The van der Waals surface area contributed by atoms with Gasteiger partial charge in [0.1, 0.15) is 12.4 Å². The first-order valence-corrected chi connectivity index (χ1v) is 10.7. The molecule has 31 heavy (non-hydrogen) atoms. The van der Waals surface area contributed by atoms with Crippen LogP contribution in [0.1, 0.15) is 25.0 Å². The summed E-state index contributed by atoms with van der Waals surface area (Å²) in [5.41, 5.74) is 2.23. The van der Waals surface area contributed by atoms with Gasteiger partial charge in [-0.2, -0.15) is 0 Å². The lowest BCUT2D eigenvalue weighted by atomic mass is 10.2. The molecule has 0 heterocycles. The van der Waals surface area contributed by atoms with E-state index < -0.39 is 0 Å². The van der Waals surface area contributed by atoms with Gasteiger partial charge in [0.2, 0.25) is 0 Å². The van der Waals surface area contributed by atoms with Crippen molar-refractivity contribution in [1.82, 2.24) is 15.5 Å². The molecule has 0 aromatic heterocycles. The van der Waals surface area contributed by atoms with E-state index in [4.69, 9.17) is 14.2 Å². The number of benzene rings is 2. The van der Waals surface area contributed by atoms with Gasteiger partial charge in [-0.05, 0) is 48.5 Å². The molecule has 170 valence electrons. The van der Waals surface area contributed by atoms with E-state index in [-0.39, 0.29) is 0 Å². The van der Waals surface area contributed by atoms with Crippen LogP contribution in [0.25, 0.3) is 0 Å². The van der Waals surface area contributed by atoms with Crippen molar-refractivity contribution in [3.8, 4) is 17.2 Å². The molecular weight excluding hydrogens is 392 g/mol. The van der Waals surface area contributed by atoms with Crippen molar-refractivity contribution in [1.29, 1.82) is 0 Å². The van der Waals surface area contributed by atoms with Crippen LogP contribution in [0.2, 0.25) is 0 Å². The Morgan fingerprint density at radius 3 is 2.06 bits per heavy atom. The van der Waals surface area contributed by atoms with Gasteiger partial charge < -0.3 is 29.7 Å². The fraction of sp³-hybridized carbons (Fsp3) is 0.458. The Balaban J connectivity index is 1.79. The summed E-state index contributed by atoms with van der Waals surface area (Å²) in [4.78, 5) is 6.64. The molecule has 0 radical (unpaired) electrons. The standard InChI is InChI=1S/C24H36N4O3/c1-6-28(7-2)14-15-31-21-11-8-19(9-12-21)17-26-24(25-3)27-18-20-10-13-22(29-4)23(16-20)30-5/h8-13,16H,6-7,14-15,17-18H2,1-5H3,(H2,25,26,27). The lowest BCUT2D eigenvalue weighted by Gasteiger charge is -2.18. The smallest absolute Gasteiger partial charge is 0.191 e. The Morgan fingerprint density at radius 1 is 0.871 bits per heavy atom. The molecule has 0 saturated carbocycles. The van der Waals surface area contributed by atoms with Gasteiger partial charge in [0.05, 0.1) is 14.2 Å². The number of nitrogens with one attached hydrogen (secondary N) is 2. The SMILES string of the molecule is CCN(CC)CCOc1ccc(CNC(=NC)NCc2ccc(OC)c(OC)c2)cc1. The molecule has 0 aliphatic rings. The highest BCUT2D eigenvalue weighted by Gasteiger charge is 2.06. The van der Waals surface area contributed by atoms with Crippen molar-refractivity contribution < 1.29 is 14.2 Å². The number of guanidine groups is 1. The second-order valence-electron chi connectivity index (χ2n) is 6.99. The van der Waals surface area contributed by atoms with Gasteiger partial charge in [0, 0.05) is 26.7 Å². The van der Waals surface area contributed by atoms with Crippen molar-refractivity contribution in [2.75, 3.05) is 47.5 Å². The fourth-order valence-electron chi connectivity index (χ4n) is 3.12. The third kappa shape index (κ3) is 8.02. The van der Waals surface area contributed by atoms with Crippen molar-refractivity contribution in [2.24, 2.45) is 4.99 Å². The molecule has 2 aromatic carbocycles. The lowest BCUT2D eigenvalue weighted by Crippen LogP contribution is -2.36. The zero-order chi connectivity index (χ0) is 22.5. The first-order chi connectivity index (χ1) is 15.1. The molecule has 0 saturated heterocycles. The van der Waals surface area contributed by atoms with Crippen LogP contribution >= 0.6 is 0 Å². The largest absolute Gasteiger partial charge is 0.493 e. The maximum absolute atomic E-state index is 5.85. The van der Waals surface area contributed by atoms with Crippen LogP contribution in [-0.4, -0.2) is 58.4 Å². The Labute approximate surface area is 186 Å². The summed E-state index contributed by atoms with van der Waals surface area (Å²) in [6, 6.07) is 14.0. The second-order valence-corrected chi connectivity index (χ2v) is 6.99. The van der Waals surface area contributed by atoms with Gasteiger partial charge in [-0.25, -0.2) is 0 Å². The maximum Gasteiger partial charge on any atom is 0.191 e. The van der Waals surface area contributed by atoms with Crippen LogP contribution in [0.15, 0.2) is 47.5 Å². The van der Waals surface area contributed by atoms with E-state index in [0.717, 1.165) is 42.5 Å². The molecule has 0 fully saturated rings. The summed E-state index contributed by atoms with van der Waals surface area (Å²) >= 11 is 0. The average Bonchev–Trinajstić information content (AvgIpc) is 2.82. The second kappa shape index (κ2) is 13.4. The van der Waals surface area contributed by atoms with Crippen LogP contribution in [-0.2, 0) is 13.1 Å². The number of nitrogens with zero attached hydrogens (tertiary/aromatic N) is 2. The Hall–Kier alpha value is -2.93. The molecule has 0 amide bonds. The average molecular weight is 429 g/mol. The summed E-state index contributed by atoms with van der Waals surface area (Å²) in [5.74, 6) is 3.06. The van der Waals surface area contributed by atoms with E-state index >= 15 is 0 Å². The number of hydrogen-bond acceptors (Lipinski definition) is 5. The Bertz CT molecular complexity index is 805. The van der Waals surface area contributed by atoms with Crippen molar-refractivity contribution in [3.05, 3.63) is 53.6 Å². The van der Waals surface area contributed by atoms with Crippen molar-refractivity contribution in [3.63, 3.8) is 0 Å². The maximum atomic E-state index is 5.85. The highest BCUT2D eigenvalue weighted by atomic mass is 16.5. The number of hydrogen-bond donors (Lipinski definition) is 2. The van der Waals surface area contributed by atoms with Gasteiger partial charge in [-0.15, -0.1) is 0 Å². The highest BCUT2D eigenvalue weighted by molar-refractivity contribution is 5.79. The fourth-order valence-corrected chi connectivity index (χ4v) is 3.12. The van der Waals surface area contributed by atoms with Gasteiger partial charge in [0.25, 0.3) is 0 Å². The quantitative estimate of drug-likeness (QED) is 0.399. The van der Waals surface area contributed by atoms with Gasteiger partial charge in [-0.3, -0.25) is 4.99 Å². The van der Waals surface area contributed by atoms with Crippen LogP contribution < -0.4 is 24.8 Å². The molecule has 0 aliphatic carbocycles. The topological polar surface area (TPSA) is 67.4 Å². The molecule has 0 unspecified atom stereocenters. The van der Waals surface area contributed by atoms with Gasteiger partial charge in [0.15, 0.2) is 17.5 Å². The van der Waals surface area contributed by atoms with Crippen molar-refractivity contribution >= 4 is 5.96 Å². The summed E-state index contributed by atoms with van der Waals surface area (Å²) in [5, 5.41) is 6.65. The van der Waals surface area contributed by atoms with E-state index in [1.807, 2.05) is 30.3 Å². The van der Waals surface area contributed by atoms with Crippen LogP contribution in [0, 0.1) is 0 Å². The van der Waals surface area contributed by atoms with Gasteiger partial charge >= 0.3 is 0 Å². The monoisotopic (exact) mass is 428 g/mol. The highest BCUT2D eigenvalue weighted by Crippen LogP contribution is 2.27. The summed E-state index contributed by atoms with van der Waals surface area (Å²) in [6.45, 7) is 9.37. The molecule has 7 nitrogen and oxygen atoms in total. The number of ether oxygens (including phenoxy) is 3. The summed E-state index contributed by atoms with van der Waals surface area (Å²) in [6.07, 6.45) is 0. The number of aliphatic imine (C=N–C) groups is 1. The third-order valence-electron chi connectivity index (χ3n) is 5.09. The van der Waals surface area contributed by atoms with Crippen LogP contribution in [0.5, 0.6) is 17.2 Å². The zero-order valence-electron chi connectivity index (χ0n) is 19.4. The lowest BCUT2D eigenvalue weighted by molar-refractivity contribution is 0.223. The predicted molar refractivity (Wildman–Crippen MR) is 126 cm³/mol. The number of likely N-dealkylation sites (N-methyl/N-ethyl adjacent to an activating group) is 1. The third-order valence-corrected chi connectivity index (χ3v) is 5.09. The molecule has 7 heteroatoms. The number of rotatable bonds is 12. The Kier molecular flexibility index (Phi) is 10.5. The molecule has 2 rings (SSSR count). The first-order valence-electron chi connectivity index (χ1n) is 10.7. The molecule has 2 N–H and O–H groups in total. The molecular formula is C24H36N4O3. The summed E-state index contributed by atoms with van der Waals surface area (Å²) < 4.78 is 16.5. The minimum absolute atomic E-state index is 0.624. The predicted octanol–water partition coefficient (Wildman–Crippen LogP) is 3.29. The normalized spacial score (nSPS) is 11.4. The summed E-state index contributed by atoms with van der Waals surface area (Å²) in [7, 11) is 5.03.